The zero-order valence-electron chi connectivity index (χ0n) is 6.14. The minimum atomic E-state index is 0.468. The number of hydrogen-bond acceptors (Lipinski definition) is 3. The van der Waals surface area contributed by atoms with Crippen LogP contribution in [0.15, 0.2) is 0 Å². The van der Waals surface area contributed by atoms with Gasteiger partial charge in [0.15, 0.2) is 0 Å². The standard InChI is InChI=1S/C6H14N2S/c1-4-5(2)9-6(7-3)8-4/h4-8H,1-3H3. The molecule has 1 fully saturated rings. The molecule has 9 heavy (non-hydrogen) atoms. The third-order valence-electron chi connectivity index (χ3n) is 1.73. The van der Waals surface area contributed by atoms with E-state index in [1.807, 2.05) is 18.8 Å². The number of hydrogen-bond donors (Lipinski definition) is 2. The second kappa shape index (κ2) is 2.90. The van der Waals surface area contributed by atoms with Crippen LogP contribution in [0.4, 0.5) is 0 Å². The Morgan fingerprint density at radius 1 is 1.44 bits per heavy atom. The van der Waals surface area contributed by atoms with Crippen LogP contribution in [0.5, 0.6) is 0 Å². The van der Waals surface area contributed by atoms with Crippen LogP contribution in [-0.4, -0.2) is 23.8 Å². The van der Waals surface area contributed by atoms with Gasteiger partial charge in [-0.25, -0.2) is 0 Å². The van der Waals surface area contributed by atoms with E-state index >= 15 is 0 Å². The second-order valence-corrected chi connectivity index (χ2v) is 3.95. The Labute approximate surface area is 60.8 Å². The van der Waals surface area contributed by atoms with Crippen LogP contribution in [0.3, 0.4) is 0 Å². The highest BCUT2D eigenvalue weighted by molar-refractivity contribution is 8.00. The number of rotatable bonds is 1. The molecule has 1 rings (SSSR count). The predicted octanol–water partition coefficient (Wildman–Crippen LogP) is 0.603. The molecule has 54 valence electrons. The van der Waals surface area contributed by atoms with Crippen molar-refractivity contribution in [2.75, 3.05) is 7.05 Å². The van der Waals surface area contributed by atoms with Gasteiger partial charge in [0, 0.05) is 11.3 Å². The molecule has 0 amide bonds. The van der Waals surface area contributed by atoms with E-state index in [0.29, 0.717) is 11.5 Å². The van der Waals surface area contributed by atoms with Crippen LogP contribution in [-0.2, 0) is 0 Å². The molecular weight excluding hydrogens is 132 g/mol. The number of nitrogens with one attached hydrogen (secondary N) is 2. The SMILES string of the molecule is CNC1NC(C)C(C)S1. The molecule has 3 atom stereocenters. The largest absolute Gasteiger partial charge is 0.296 e. The molecule has 2 nitrogen and oxygen atoms in total. The second-order valence-electron chi connectivity index (χ2n) is 2.47. The molecule has 0 bridgehead atoms. The van der Waals surface area contributed by atoms with Crippen LogP contribution < -0.4 is 10.6 Å². The lowest BCUT2D eigenvalue weighted by atomic mass is 10.3. The van der Waals surface area contributed by atoms with Gasteiger partial charge in [-0.1, -0.05) is 6.92 Å². The Kier molecular flexibility index (Phi) is 2.38. The molecule has 2 N–H and O–H groups in total. The van der Waals surface area contributed by atoms with Crippen molar-refractivity contribution in [2.45, 2.75) is 30.6 Å². The molecule has 0 saturated carbocycles. The fourth-order valence-corrected chi connectivity index (χ4v) is 2.07. The summed E-state index contributed by atoms with van der Waals surface area (Å²) in [5.74, 6) is 0. The Morgan fingerprint density at radius 2 is 2.11 bits per heavy atom. The van der Waals surface area contributed by atoms with Crippen molar-refractivity contribution in [3.05, 3.63) is 0 Å². The summed E-state index contributed by atoms with van der Waals surface area (Å²) in [6.45, 7) is 4.47. The number of thioether (sulfide) groups is 1. The van der Waals surface area contributed by atoms with E-state index in [4.69, 9.17) is 0 Å². The monoisotopic (exact) mass is 146 g/mol. The Hall–Kier alpha value is 0.270. The van der Waals surface area contributed by atoms with E-state index < -0.39 is 0 Å². The molecule has 0 radical (unpaired) electrons. The van der Waals surface area contributed by atoms with Gasteiger partial charge >= 0.3 is 0 Å². The van der Waals surface area contributed by atoms with Crippen molar-refractivity contribution in [1.82, 2.24) is 10.6 Å². The first kappa shape index (κ1) is 7.38. The highest BCUT2D eigenvalue weighted by Gasteiger charge is 2.25. The predicted molar refractivity (Wildman–Crippen MR) is 42.5 cm³/mol. The molecule has 1 aliphatic rings. The molecule has 0 aromatic heterocycles. The third-order valence-corrected chi connectivity index (χ3v) is 3.21. The van der Waals surface area contributed by atoms with Crippen LogP contribution >= 0.6 is 11.8 Å². The van der Waals surface area contributed by atoms with Crippen molar-refractivity contribution >= 4 is 11.8 Å². The zero-order chi connectivity index (χ0) is 6.85. The Balaban J connectivity index is 2.35. The van der Waals surface area contributed by atoms with Crippen molar-refractivity contribution in [3.63, 3.8) is 0 Å². The average molecular weight is 146 g/mol. The summed E-state index contributed by atoms with van der Waals surface area (Å²) in [6.07, 6.45) is 0. The molecule has 0 aromatic rings. The van der Waals surface area contributed by atoms with Crippen molar-refractivity contribution < 1.29 is 0 Å². The molecule has 0 aliphatic carbocycles. The lowest BCUT2D eigenvalue weighted by Crippen LogP contribution is -2.36. The molecule has 1 aliphatic heterocycles. The summed E-state index contributed by atoms with van der Waals surface area (Å²) in [5.41, 5.74) is 0.468. The average Bonchev–Trinajstić information content (AvgIpc) is 2.13. The molecule has 1 saturated heterocycles. The first-order valence-electron chi connectivity index (χ1n) is 3.33. The maximum Gasteiger partial charge on any atom is 0.106 e. The van der Waals surface area contributed by atoms with E-state index in [0.717, 1.165) is 5.25 Å². The van der Waals surface area contributed by atoms with Gasteiger partial charge in [-0.2, -0.15) is 0 Å². The highest BCUT2D eigenvalue weighted by Crippen LogP contribution is 2.24. The fourth-order valence-electron chi connectivity index (χ4n) is 0.897. The van der Waals surface area contributed by atoms with Gasteiger partial charge in [-0.15, -0.1) is 11.8 Å². The Morgan fingerprint density at radius 3 is 2.33 bits per heavy atom. The van der Waals surface area contributed by atoms with E-state index in [2.05, 4.69) is 24.5 Å². The van der Waals surface area contributed by atoms with Crippen LogP contribution in [0.1, 0.15) is 13.8 Å². The summed E-state index contributed by atoms with van der Waals surface area (Å²) in [7, 11) is 1.98. The van der Waals surface area contributed by atoms with Gasteiger partial charge in [0.1, 0.15) is 5.50 Å². The molecule has 1 heterocycles. The highest BCUT2D eigenvalue weighted by atomic mass is 32.2. The maximum absolute atomic E-state index is 3.41. The summed E-state index contributed by atoms with van der Waals surface area (Å²) < 4.78 is 0. The summed E-state index contributed by atoms with van der Waals surface area (Å²) in [5, 5.41) is 7.32. The first-order valence-corrected chi connectivity index (χ1v) is 4.27. The lowest BCUT2D eigenvalue weighted by molar-refractivity contribution is 0.530. The van der Waals surface area contributed by atoms with Crippen LogP contribution in [0.25, 0.3) is 0 Å². The minimum absolute atomic E-state index is 0.468. The molecule has 0 aromatic carbocycles. The third kappa shape index (κ3) is 1.60. The van der Waals surface area contributed by atoms with E-state index in [1.54, 1.807) is 0 Å². The van der Waals surface area contributed by atoms with Crippen LogP contribution in [0.2, 0.25) is 0 Å². The van der Waals surface area contributed by atoms with Crippen LogP contribution in [0, 0.1) is 0 Å². The van der Waals surface area contributed by atoms with E-state index in [-0.39, 0.29) is 0 Å². The topological polar surface area (TPSA) is 24.1 Å². The fraction of sp³-hybridized carbons (Fsp3) is 1.00. The summed E-state index contributed by atoms with van der Waals surface area (Å²) in [4.78, 5) is 0. The van der Waals surface area contributed by atoms with E-state index in [1.165, 1.54) is 0 Å². The maximum atomic E-state index is 3.41. The quantitative estimate of drug-likeness (QED) is 0.566. The van der Waals surface area contributed by atoms with Gasteiger partial charge in [0.2, 0.25) is 0 Å². The van der Waals surface area contributed by atoms with Crippen molar-refractivity contribution in [1.29, 1.82) is 0 Å². The lowest BCUT2D eigenvalue weighted by Gasteiger charge is -2.07. The van der Waals surface area contributed by atoms with Gasteiger partial charge in [0.25, 0.3) is 0 Å². The van der Waals surface area contributed by atoms with Crippen molar-refractivity contribution in [3.8, 4) is 0 Å². The molecule has 0 spiro atoms. The summed E-state index contributed by atoms with van der Waals surface area (Å²) in [6, 6.07) is 0.646. The zero-order valence-corrected chi connectivity index (χ0v) is 6.96. The van der Waals surface area contributed by atoms with Gasteiger partial charge in [-0.05, 0) is 14.0 Å². The first-order chi connectivity index (χ1) is 4.24. The normalized spacial score (nSPS) is 43.7. The smallest absolute Gasteiger partial charge is 0.106 e. The van der Waals surface area contributed by atoms with Gasteiger partial charge < -0.3 is 0 Å². The van der Waals surface area contributed by atoms with Gasteiger partial charge in [-0.3, -0.25) is 10.6 Å². The Bertz CT molecular complexity index is 87.1. The molecule has 3 heteroatoms. The van der Waals surface area contributed by atoms with Crippen molar-refractivity contribution in [2.24, 2.45) is 0 Å². The molecule has 3 unspecified atom stereocenters. The minimum Gasteiger partial charge on any atom is -0.296 e. The molecular formula is C6H14N2S. The van der Waals surface area contributed by atoms with E-state index in [9.17, 15) is 0 Å². The van der Waals surface area contributed by atoms with Gasteiger partial charge in [0.05, 0.1) is 0 Å². The summed E-state index contributed by atoms with van der Waals surface area (Å²) >= 11 is 1.95.